The third kappa shape index (κ3) is 11.5. The predicted octanol–water partition coefficient (Wildman–Crippen LogP) is 9.80. The first-order chi connectivity index (χ1) is 18.0. The predicted molar refractivity (Wildman–Crippen MR) is 169 cm³/mol. The molecule has 0 heterocycles. The molecule has 3 N–H and O–H groups in total. The van der Waals surface area contributed by atoms with E-state index in [4.69, 9.17) is 5.73 Å². The number of rotatable bonds is 10. The summed E-state index contributed by atoms with van der Waals surface area (Å²) in [5, 5.41) is 3.66. The van der Waals surface area contributed by atoms with Crippen LogP contribution in [0.5, 0.6) is 0 Å². The van der Waals surface area contributed by atoms with Crippen molar-refractivity contribution in [3.8, 4) is 0 Å². The highest BCUT2D eigenvalue weighted by molar-refractivity contribution is 6.00. The van der Waals surface area contributed by atoms with Gasteiger partial charge >= 0.3 is 0 Å². The van der Waals surface area contributed by atoms with Crippen molar-refractivity contribution in [3.63, 3.8) is 0 Å². The van der Waals surface area contributed by atoms with Gasteiger partial charge in [0.25, 0.3) is 0 Å². The molecule has 0 aromatic heterocycles. The molecule has 3 heteroatoms. The molecule has 1 atom stereocenters. The number of carbonyl (C=O) groups excluding carboxylic acids is 1. The van der Waals surface area contributed by atoms with Gasteiger partial charge < -0.3 is 11.1 Å². The van der Waals surface area contributed by atoms with E-state index in [0.717, 1.165) is 37.8 Å². The Balaban J connectivity index is 0.000000607. The van der Waals surface area contributed by atoms with Crippen molar-refractivity contribution in [3.05, 3.63) is 94.0 Å². The highest BCUT2D eigenvalue weighted by atomic mass is 16.1. The molecule has 0 spiro atoms. The molecule has 1 unspecified atom stereocenters. The molecule has 0 radical (unpaired) electrons. The van der Waals surface area contributed by atoms with Gasteiger partial charge in [-0.05, 0) is 102 Å². The summed E-state index contributed by atoms with van der Waals surface area (Å²) in [6.07, 6.45) is 6.65. The molecule has 38 heavy (non-hydrogen) atoms. The molecule has 3 aromatic rings. The second-order valence-electron chi connectivity index (χ2n) is 10.6. The van der Waals surface area contributed by atoms with Gasteiger partial charge in [0.05, 0.1) is 0 Å². The van der Waals surface area contributed by atoms with Gasteiger partial charge in [-0.1, -0.05) is 87.2 Å². The van der Waals surface area contributed by atoms with E-state index in [1.54, 1.807) is 13.0 Å². The van der Waals surface area contributed by atoms with Crippen LogP contribution >= 0.6 is 0 Å². The monoisotopic (exact) mass is 516 g/mol. The molecule has 3 nitrogen and oxygen atoms in total. The van der Waals surface area contributed by atoms with Crippen molar-refractivity contribution in [1.82, 2.24) is 0 Å². The number of benzene rings is 3. The summed E-state index contributed by atoms with van der Waals surface area (Å²) >= 11 is 0. The van der Waals surface area contributed by atoms with Crippen LogP contribution in [0.1, 0.15) is 105 Å². The van der Waals surface area contributed by atoms with Crippen LogP contribution in [0, 0.1) is 27.7 Å². The molecule has 0 bridgehead atoms. The van der Waals surface area contributed by atoms with Gasteiger partial charge in [0.15, 0.2) is 5.78 Å². The average Bonchev–Trinajstić information content (AvgIpc) is 2.87. The van der Waals surface area contributed by atoms with Crippen LogP contribution in [-0.4, -0.2) is 11.3 Å². The molecule has 0 fully saturated rings. The number of anilines is 2. The lowest BCUT2D eigenvalue weighted by Crippen LogP contribution is -2.35. The number of ketones is 1. The number of hydrogen-bond donors (Lipinski definition) is 2. The van der Waals surface area contributed by atoms with Gasteiger partial charge in [0.1, 0.15) is 0 Å². The number of carbonyl (C=O) groups is 1. The molecule has 3 rings (SSSR count). The lowest BCUT2D eigenvalue weighted by molar-refractivity contribution is 0.101. The van der Waals surface area contributed by atoms with Crippen LogP contribution in [0.2, 0.25) is 0 Å². The lowest BCUT2D eigenvalue weighted by Gasteiger charge is -2.33. The van der Waals surface area contributed by atoms with Crippen LogP contribution in [0.15, 0.2) is 60.7 Å². The summed E-state index contributed by atoms with van der Waals surface area (Å²) in [7, 11) is 0. The van der Waals surface area contributed by atoms with E-state index in [2.05, 4.69) is 89.3 Å². The molecule has 0 saturated heterocycles. The molecule has 0 aliphatic carbocycles. The number of unbranched alkanes of at least 4 members (excludes halogenated alkanes) is 1. The normalized spacial score (nSPS) is 11.8. The summed E-state index contributed by atoms with van der Waals surface area (Å²) in [4.78, 5) is 12.0. The molecule has 0 aliphatic rings. The van der Waals surface area contributed by atoms with Crippen molar-refractivity contribution in [2.24, 2.45) is 0 Å². The summed E-state index contributed by atoms with van der Waals surface area (Å²) in [5.74, 6) is 0.0658. The van der Waals surface area contributed by atoms with Crippen LogP contribution in [0.4, 0.5) is 11.4 Å². The number of Topliss-reactive ketones (excluding diaryl/α,β-unsaturated/α-hetero) is 1. The molecule has 0 saturated carbocycles. The third-order valence-corrected chi connectivity index (χ3v) is 6.89. The van der Waals surface area contributed by atoms with Gasteiger partial charge in [-0.2, -0.15) is 0 Å². The largest absolute Gasteiger partial charge is 0.399 e. The Morgan fingerprint density at radius 3 is 1.95 bits per heavy atom. The van der Waals surface area contributed by atoms with Gasteiger partial charge in [-0.3, -0.25) is 4.79 Å². The van der Waals surface area contributed by atoms with Crippen molar-refractivity contribution in [1.29, 1.82) is 0 Å². The van der Waals surface area contributed by atoms with Gasteiger partial charge in [0, 0.05) is 22.5 Å². The minimum Gasteiger partial charge on any atom is -0.399 e. The number of nitrogen functional groups attached to an aromatic ring is 1. The van der Waals surface area contributed by atoms with E-state index in [9.17, 15) is 4.79 Å². The van der Waals surface area contributed by atoms with Crippen LogP contribution < -0.4 is 11.1 Å². The van der Waals surface area contributed by atoms with Gasteiger partial charge in [-0.25, -0.2) is 0 Å². The number of nitrogens with one attached hydrogen (secondary N) is 1. The van der Waals surface area contributed by atoms with Crippen molar-refractivity contribution in [2.75, 3.05) is 11.1 Å². The number of aryl methyl sites for hydroxylation is 5. The third-order valence-electron chi connectivity index (χ3n) is 6.89. The maximum absolute atomic E-state index is 12.0. The van der Waals surface area contributed by atoms with Crippen molar-refractivity contribution < 1.29 is 4.79 Å². The van der Waals surface area contributed by atoms with Crippen molar-refractivity contribution in [2.45, 2.75) is 106 Å². The first kappa shape index (κ1) is 33.0. The van der Waals surface area contributed by atoms with E-state index in [-0.39, 0.29) is 11.3 Å². The maximum Gasteiger partial charge on any atom is 0.161 e. The second-order valence-corrected chi connectivity index (χ2v) is 10.6. The molecule has 3 aromatic carbocycles. The first-order valence-electron chi connectivity index (χ1n) is 14.3. The molecule has 208 valence electrons. The SMILES string of the molecule is CC.CCCC(C)(CCCCc1ccc(C)c(C)c1)Nc1cc(N)ccc1C(C)=O.Cc1ccc(C)cc1. The minimum atomic E-state index is -0.0457. The molecule has 0 aliphatic heterocycles. The Kier molecular flexibility index (Phi) is 14.5. The number of hydrogen-bond acceptors (Lipinski definition) is 3. The van der Waals surface area contributed by atoms with E-state index in [0.29, 0.717) is 11.3 Å². The fourth-order valence-corrected chi connectivity index (χ4v) is 4.54. The summed E-state index contributed by atoms with van der Waals surface area (Å²) in [6, 6.07) is 20.8. The fourth-order valence-electron chi connectivity index (χ4n) is 4.54. The molecular formula is C35H52N2O. The standard InChI is InChI=1S/C25H36N2O.C8H10.C2H6/c1-6-14-25(5,27-24-17-22(26)12-13-23(24)20(4)28)15-8-7-9-21-11-10-18(2)19(3)16-21;1-7-3-5-8(2)6-4-7;1-2/h10-13,16-17,27H,6-9,14-15,26H2,1-5H3;3-6H,1-2H3;1-2H3. The Hall–Kier alpha value is -3.07. The van der Waals surface area contributed by atoms with Crippen LogP contribution in [0.25, 0.3) is 0 Å². The highest BCUT2D eigenvalue weighted by Gasteiger charge is 2.24. The smallest absolute Gasteiger partial charge is 0.161 e. The fraction of sp³-hybridized carbons (Fsp3) is 0.457. The van der Waals surface area contributed by atoms with Crippen molar-refractivity contribution >= 4 is 17.2 Å². The first-order valence-corrected chi connectivity index (χ1v) is 14.3. The topological polar surface area (TPSA) is 55.1 Å². The number of nitrogens with two attached hydrogens (primary N) is 1. The Bertz CT molecular complexity index is 1100. The zero-order valence-corrected chi connectivity index (χ0v) is 25.5. The summed E-state index contributed by atoms with van der Waals surface area (Å²) < 4.78 is 0. The molecular weight excluding hydrogens is 464 g/mol. The Morgan fingerprint density at radius 2 is 1.42 bits per heavy atom. The highest BCUT2D eigenvalue weighted by Crippen LogP contribution is 2.29. The molecule has 0 amide bonds. The second kappa shape index (κ2) is 16.7. The minimum absolute atomic E-state index is 0.0457. The Morgan fingerprint density at radius 1 is 0.816 bits per heavy atom. The zero-order valence-electron chi connectivity index (χ0n) is 25.5. The van der Waals surface area contributed by atoms with Crippen LogP contribution in [-0.2, 0) is 6.42 Å². The quantitative estimate of drug-likeness (QED) is 0.160. The summed E-state index contributed by atoms with van der Waals surface area (Å²) in [5.41, 5.74) is 15.0. The average molecular weight is 517 g/mol. The van der Waals surface area contributed by atoms with E-state index >= 15 is 0 Å². The Labute approximate surface area is 233 Å². The van der Waals surface area contributed by atoms with E-state index in [1.165, 1.54) is 34.2 Å². The van der Waals surface area contributed by atoms with E-state index in [1.807, 2.05) is 26.0 Å². The lowest BCUT2D eigenvalue weighted by atomic mass is 9.88. The van der Waals surface area contributed by atoms with Crippen LogP contribution in [0.3, 0.4) is 0 Å². The maximum atomic E-state index is 12.0. The zero-order chi connectivity index (χ0) is 28.7. The van der Waals surface area contributed by atoms with E-state index < -0.39 is 0 Å². The summed E-state index contributed by atoms with van der Waals surface area (Å²) in [6.45, 7) is 18.6. The van der Waals surface area contributed by atoms with Gasteiger partial charge in [-0.15, -0.1) is 0 Å². The van der Waals surface area contributed by atoms with Gasteiger partial charge in [0.2, 0.25) is 0 Å².